The van der Waals surface area contributed by atoms with Gasteiger partial charge in [-0.15, -0.1) is 0 Å². The molecule has 0 saturated heterocycles. The van der Waals surface area contributed by atoms with Crippen LogP contribution in [0.3, 0.4) is 0 Å². The zero-order valence-electron chi connectivity index (χ0n) is 22.1. The molecule has 3 aromatic rings. The molecule has 1 fully saturated rings. The highest BCUT2D eigenvalue weighted by atomic mass is 16.5. The molecule has 2 aromatic carbocycles. The van der Waals surface area contributed by atoms with Crippen molar-refractivity contribution in [1.82, 2.24) is 15.3 Å². The maximum absolute atomic E-state index is 5.56. The van der Waals surface area contributed by atoms with Crippen molar-refractivity contribution in [2.45, 2.75) is 52.1 Å². The second-order valence-corrected chi connectivity index (χ2v) is 9.62. The highest BCUT2D eigenvalue weighted by molar-refractivity contribution is 5.90. The van der Waals surface area contributed by atoms with Crippen molar-refractivity contribution in [2.75, 3.05) is 52.2 Å². The summed E-state index contributed by atoms with van der Waals surface area (Å²) in [6, 6.07) is 12.4. The Hall–Kier alpha value is -3.26. The van der Waals surface area contributed by atoms with Crippen molar-refractivity contribution in [3.63, 3.8) is 0 Å². The van der Waals surface area contributed by atoms with E-state index in [-0.39, 0.29) is 7.43 Å². The summed E-state index contributed by atoms with van der Waals surface area (Å²) in [5.41, 5.74) is 1.99. The van der Waals surface area contributed by atoms with Gasteiger partial charge in [0.05, 0.1) is 32.4 Å². The third-order valence-electron chi connectivity index (χ3n) is 7.03. The lowest BCUT2D eigenvalue weighted by atomic mass is 9.84. The normalized spacial score (nSPS) is 17.1. The van der Waals surface area contributed by atoms with Crippen LogP contribution in [0.2, 0.25) is 0 Å². The number of rotatable bonds is 11. The average Bonchev–Trinajstić information content (AvgIpc) is 2.91. The molecule has 202 valence electrons. The number of benzene rings is 2. The summed E-state index contributed by atoms with van der Waals surface area (Å²) in [5, 5.41) is 8.27. The van der Waals surface area contributed by atoms with Gasteiger partial charge in [-0.05, 0) is 56.7 Å². The molecule has 0 radical (unpaired) electrons. The highest BCUT2D eigenvalue weighted by Crippen LogP contribution is 2.34. The topological polar surface area (TPSA) is 80.8 Å². The summed E-state index contributed by atoms with van der Waals surface area (Å²) >= 11 is 0. The molecular formula is C29H43N5O3. The number of methoxy groups -OCH3 is 3. The van der Waals surface area contributed by atoms with Crippen molar-refractivity contribution in [3.8, 4) is 17.2 Å². The van der Waals surface area contributed by atoms with E-state index in [0.717, 1.165) is 77.2 Å². The van der Waals surface area contributed by atoms with Gasteiger partial charge in [0.15, 0.2) is 0 Å². The van der Waals surface area contributed by atoms with E-state index in [9.17, 15) is 0 Å². The molecule has 4 rings (SSSR count). The SMILES string of the molecule is C.COc1cc(OC)c(CNCCC2CCC(Nc3nc(N(C)C)c4ccccc4n3)CC2)c(OC)c1. The van der Waals surface area contributed by atoms with Gasteiger partial charge in [0.1, 0.15) is 23.1 Å². The van der Waals surface area contributed by atoms with E-state index in [1.54, 1.807) is 21.3 Å². The van der Waals surface area contributed by atoms with Crippen molar-refractivity contribution < 1.29 is 14.2 Å². The van der Waals surface area contributed by atoms with Gasteiger partial charge >= 0.3 is 0 Å². The lowest BCUT2D eigenvalue weighted by Gasteiger charge is -2.29. The fraction of sp³-hybridized carbons (Fsp3) is 0.517. The maximum atomic E-state index is 5.56. The van der Waals surface area contributed by atoms with E-state index in [1.165, 1.54) is 12.8 Å². The van der Waals surface area contributed by atoms with Gasteiger partial charge in [0, 0.05) is 44.2 Å². The molecule has 1 saturated carbocycles. The number of hydrogen-bond donors (Lipinski definition) is 2. The molecule has 0 unspecified atom stereocenters. The minimum absolute atomic E-state index is 0. The first kappa shape index (κ1) is 28.3. The second kappa shape index (κ2) is 13.3. The maximum Gasteiger partial charge on any atom is 0.225 e. The van der Waals surface area contributed by atoms with Crippen LogP contribution < -0.4 is 29.7 Å². The molecule has 1 aliphatic carbocycles. The standard InChI is InChI=1S/C28H39N5O3.CH4/c1-33(2)27-22-8-6-7-9-24(22)31-28(32-27)30-20-12-10-19(11-13-20)14-15-29-18-23-25(35-4)16-21(34-3)17-26(23)36-5;/h6-9,16-17,19-20,29H,10-15,18H2,1-5H3,(H,30,31,32);1H4. The van der Waals surface area contributed by atoms with Crippen LogP contribution in [0.4, 0.5) is 11.8 Å². The van der Waals surface area contributed by atoms with E-state index in [1.807, 2.05) is 38.4 Å². The van der Waals surface area contributed by atoms with Crippen LogP contribution >= 0.6 is 0 Å². The van der Waals surface area contributed by atoms with Gasteiger partial charge in [-0.2, -0.15) is 4.98 Å². The molecule has 2 N–H and O–H groups in total. The van der Waals surface area contributed by atoms with E-state index < -0.39 is 0 Å². The summed E-state index contributed by atoms with van der Waals surface area (Å²) in [6.45, 7) is 1.65. The Kier molecular flexibility index (Phi) is 10.2. The van der Waals surface area contributed by atoms with Crippen LogP contribution in [-0.4, -0.2) is 58.0 Å². The predicted octanol–water partition coefficient (Wildman–Crippen LogP) is 5.51. The fourth-order valence-corrected chi connectivity index (χ4v) is 5.01. The Morgan fingerprint density at radius 3 is 2.22 bits per heavy atom. The Morgan fingerprint density at radius 2 is 1.59 bits per heavy atom. The first-order valence-corrected chi connectivity index (χ1v) is 12.7. The number of aromatic nitrogens is 2. The quantitative estimate of drug-likeness (QED) is 0.328. The molecule has 37 heavy (non-hydrogen) atoms. The summed E-state index contributed by atoms with van der Waals surface area (Å²) in [4.78, 5) is 11.6. The fourth-order valence-electron chi connectivity index (χ4n) is 5.01. The number of para-hydroxylation sites is 1. The first-order chi connectivity index (χ1) is 17.5. The van der Waals surface area contributed by atoms with Gasteiger partial charge in [-0.3, -0.25) is 0 Å². The molecule has 0 spiro atoms. The third-order valence-corrected chi connectivity index (χ3v) is 7.03. The van der Waals surface area contributed by atoms with Crippen LogP contribution in [0.25, 0.3) is 10.9 Å². The number of nitrogens with one attached hydrogen (secondary N) is 2. The minimum atomic E-state index is 0. The smallest absolute Gasteiger partial charge is 0.225 e. The van der Waals surface area contributed by atoms with Crippen molar-refractivity contribution >= 4 is 22.7 Å². The first-order valence-electron chi connectivity index (χ1n) is 12.7. The highest BCUT2D eigenvalue weighted by Gasteiger charge is 2.22. The number of hydrogen-bond acceptors (Lipinski definition) is 8. The average molecular weight is 510 g/mol. The zero-order valence-corrected chi connectivity index (χ0v) is 22.1. The third kappa shape index (κ3) is 6.95. The van der Waals surface area contributed by atoms with Gasteiger partial charge in [0.2, 0.25) is 5.95 Å². The molecule has 0 bridgehead atoms. The molecule has 1 heterocycles. The van der Waals surface area contributed by atoms with Gasteiger partial charge in [0.25, 0.3) is 0 Å². The van der Waals surface area contributed by atoms with Crippen LogP contribution in [0.15, 0.2) is 36.4 Å². The van der Waals surface area contributed by atoms with Gasteiger partial charge in [-0.25, -0.2) is 4.98 Å². The molecule has 1 aromatic heterocycles. The van der Waals surface area contributed by atoms with E-state index in [0.29, 0.717) is 12.6 Å². The monoisotopic (exact) mass is 509 g/mol. The zero-order chi connectivity index (χ0) is 25.5. The van der Waals surface area contributed by atoms with Gasteiger partial charge < -0.3 is 29.7 Å². The van der Waals surface area contributed by atoms with E-state index in [4.69, 9.17) is 24.2 Å². The summed E-state index contributed by atoms with van der Waals surface area (Å²) < 4.78 is 16.5. The van der Waals surface area contributed by atoms with Crippen LogP contribution in [0, 0.1) is 5.92 Å². The number of fused-ring (bicyclic) bond motifs is 1. The predicted molar refractivity (Wildman–Crippen MR) is 152 cm³/mol. The molecule has 0 amide bonds. The summed E-state index contributed by atoms with van der Waals surface area (Å²) in [6.07, 6.45) is 5.85. The molecule has 1 aliphatic rings. The lowest BCUT2D eigenvalue weighted by molar-refractivity contribution is 0.315. The molecule has 8 heteroatoms. The number of anilines is 2. The van der Waals surface area contributed by atoms with Crippen molar-refractivity contribution in [3.05, 3.63) is 42.0 Å². The van der Waals surface area contributed by atoms with Crippen molar-refractivity contribution in [1.29, 1.82) is 0 Å². The van der Waals surface area contributed by atoms with Crippen LogP contribution in [0.1, 0.15) is 45.1 Å². The Bertz CT molecular complexity index is 1120. The molecular weight excluding hydrogens is 466 g/mol. The van der Waals surface area contributed by atoms with Crippen LogP contribution in [0.5, 0.6) is 17.2 Å². The summed E-state index contributed by atoms with van der Waals surface area (Å²) in [5.74, 6) is 4.69. The van der Waals surface area contributed by atoms with E-state index in [2.05, 4.69) is 27.7 Å². The van der Waals surface area contributed by atoms with Crippen molar-refractivity contribution in [2.24, 2.45) is 5.92 Å². The lowest BCUT2D eigenvalue weighted by Crippen LogP contribution is -2.28. The second-order valence-electron chi connectivity index (χ2n) is 9.62. The number of ether oxygens (including phenoxy) is 3. The van der Waals surface area contributed by atoms with E-state index >= 15 is 0 Å². The Morgan fingerprint density at radius 1 is 0.919 bits per heavy atom. The molecule has 0 aliphatic heterocycles. The Balaban J connectivity index is 0.00000380. The summed E-state index contributed by atoms with van der Waals surface area (Å²) in [7, 11) is 9.05. The van der Waals surface area contributed by atoms with Crippen LogP contribution in [-0.2, 0) is 6.54 Å². The molecule has 0 atom stereocenters. The van der Waals surface area contributed by atoms with Gasteiger partial charge in [-0.1, -0.05) is 19.6 Å². The Labute approximate surface area is 221 Å². The molecule has 8 nitrogen and oxygen atoms in total. The minimum Gasteiger partial charge on any atom is -0.496 e. The largest absolute Gasteiger partial charge is 0.496 e. The number of nitrogens with zero attached hydrogens (tertiary/aromatic N) is 3.